The topological polar surface area (TPSA) is 64.8 Å². The standard InChI is InChI=1S/C12H16N2O3.ClH/c1-16-11(8-13)12(15)14-6-7-17-10-5-3-2-4-9(10)14;/h2-5,11H,6-8,13H2,1H3;1H. The summed E-state index contributed by atoms with van der Waals surface area (Å²) < 4.78 is 10.6. The van der Waals surface area contributed by atoms with E-state index in [4.69, 9.17) is 15.2 Å². The monoisotopic (exact) mass is 272 g/mol. The molecule has 18 heavy (non-hydrogen) atoms. The minimum atomic E-state index is -0.596. The smallest absolute Gasteiger partial charge is 0.257 e. The van der Waals surface area contributed by atoms with Crippen LogP contribution >= 0.6 is 12.4 Å². The summed E-state index contributed by atoms with van der Waals surface area (Å²) in [5.74, 6) is 0.602. The molecule has 0 spiro atoms. The van der Waals surface area contributed by atoms with Gasteiger partial charge in [0.25, 0.3) is 5.91 Å². The molecule has 6 heteroatoms. The molecule has 1 unspecified atom stereocenters. The van der Waals surface area contributed by atoms with E-state index in [9.17, 15) is 4.79 Å². The SMILES string of the molecule is COC(CN)C(=O)N1CCOc2ccccc21.Cl. The fourth-order valence-electron chi connectivity index (χ4n) is 1.87. The second-order valence-corrected chi connectivity index (χ2v) is 3.77. The summed E-state index contributed by atoms with van der Waals surface area (Å²) >= 11 is 0. The number of anilines is 1. The molecule has 1 aromatic carbocycles. The molecule has 0 aromatic heterocycles. The maximum Gasteiger partial charge on any atom is 0.257 e. The van der Waals surface area contributed by atoms with Crippen LogP contribution in [0.25, 0.3) is 0 Å². The summed E-state index contributed by atoms with van der Waals surface area (Å²) in [5, 5.41) is 0. The van der Waals surface area contributed by atoms with E-state index in [-0.39, 0.29) is 24.9 Å². The Morgan fingerprint density at radius 2 is 2.28 bits per heavy atom. The Morgan fingerprint density at radius 1 is 1.56 bits per heavy atom. The molecule has 0 saturated heterocycles. The third-order valence-electron chi connectivity index (χ3n) is 2.77. The number of carbonyl (C=O) groups is 1. The molecular weight excluding hydrogens is 256 g/mol. The highest BCUT2D eigenvalue weighted by Gasteiger charge is 2.28. The van der Waals surface area contributed by atoms with Crippen molar-refractivity contribution in [3.63, 3.8) is 0 Å². The molecule has 1 aromatic rings. The Hall–Kier alpha value is -1.30. The fourth-order valence-corrected chi connectivity index (χ4v) is 1.87. The van der Waals surface area contributed by atoms with Gasteiger partial charge in [-0.05, 0) is 12.1 Å². The molecule has 2 rings (SSSR count). The zero-order valence-corrected chi connectivity index (χ0v) is 11.0. The highest BCUT2D eigenvalue weighted by atomic mass is 35.5. The van der Waals surface area contributed by atoms with Gasteiger partial charge in [0.1, 0.15) is 18.5 Å². The second-order valence-electron chi connectivity index (χ2n) is 3.77. The summed E-state index contributed by atoms with van der Waals surface area (Å²) in [6.45, 7) is 1.19. The van der Waals surface area contributed by atoms with E-state index in [1.54, 1.807) is 4.90 Å². The van der Waals surface area contributed by atoms with Gasteiger partial charge in [0.05, 0.1) is 12.2 Å². The van der Waals surface area contributed by atoms with E-state index in [0.717, 1.165) is 11.4 Å². The largest absolute Gasteiger partial charge is 0.490 e. The Morgan fingerprint density at radius 3 is 2.94 bits per heavy atom. The van der Waals surface area contributed by atoms with Crippen LogP contribution in [0.5, 0.6) is 5.75 Å². The average Bonchev–Trinajstić information content (AvgIpc) is 2.39. The predicted molar refractivity (Wildman–Crippen MR) is 71.4 cm³/mol. The Balaban J connectivity index is 0.00000162. The van der Waals surface area contributed by atoms with Crippen molar-refractivity contribution in [2.75, 3.05) is 31.7 Å². The first kappa shape index (κ1) is 14.8. The van der Waals surface area contributed by atoms with Gasteiger partial charge < -0.3 is 20.1 Å². The molecule has 1 atom stereocenters. The molecule has 1 amide bonds. The van der Waals surface area contributed by atoms with Crippen molar-refractivity contribution in [3.8, 4) is 5.75 Å². The first-order chi connectivity index (χ1) is 8.27. The predicted octanol–water partition coefficient (Wildman–Crippen LogP) is 0.808. The van der Waals surface area contributed by atoms with E-state index in [1.807, 2.05) is 24.3 Å². The number of methoxy groups -OCH3 is 1. The van der Waals surface area contributed by atoms with Gasteiger partial charge in [-0.25, -0.2) is 0 Å². The number of ether oxygens (including phenoxy) is 2. The van der Waals surface area contributed by atoms with Crippen molar-refractivity contribution in [1.29, 1.82) is 0 Å². The number of carbonyl (C=O) groups excluding carboxylic acids is 1. The van der Waals surface area contributed by atoms with Crippen LogP contribution in [0.4, 0.5) is 5.69 Å². The van der Waals surface area contributed by atoms with E-state index < -0.39 is 6.10 Å². The van der Waals surface area contributed by atoms with E-state index in [2.05, 4.69) is 0 Å². The normalized spacial score (nSPS) is 15.1. The molecule has 5 nitrogen and oxygen atoms in total. The molecule has 0 aliphatic carbocycles. The van der Waals surface area contributed by atoms with Crippen molar-refractivity contribution in [2.24, 2.45) is 5.73 Å². The third-order valence-corrected chi connectivity index (χ3v) is 2.77. The fraction of sp³-hybridized carbons (Fsp3) is 0.417. The van der Waals surface area contributed by atoms with Gasteiger partial charge >= 0.3 is 0 Å². The van der Waals surface area contributed by atoms with Crippen LogP contribution in [0.15, 0.2) is 24.3 Å². The number of amides is 1. The van der Waals surface area contributed by atoms with Crippen LogP contribution in [0.3, 0.4) is 0 Å². The molecule has 0 fully saturated rings. The van der Waals surface area contributed by atoms with Gasteiger partial charge in [0.2, 0.25) is 0 Å². The lowest BCUT2D eigenvalue weighted by molar-refractivity contribution is -0.128. The van der Waals surface area contributed by atoms with Gasteiger partial charge in [-0.15, -0.1) is 12.4 Å². The number of halogens is 1. The summed E-state index contributed by atoms with van der Waals surface area (Å²) in [6, 6.07) is 7.45. The number of hydrogen-bond donors (Lipinski definition) is 1. The minimum absolute atomic E-state index is 0. The molecular formula is C12H17ClN2O3. The quantitative estimate of drug-likeness (QED) is 0.884. The van der Waals surface area contributed by atoms with Gasteiger partial charge in [-0.2, -0.15) is 0 Å². The van der Waals surface area contributed by atoms with Crippen LogP contribution in [0, 0.1) is 0 Å². The van der Waals surface area contributed by atoms with Crippen molar-refractivity contribution in [1.82, 2.24) is 0 Å². The van der Waals surface area contributed by atoms with E-state index in [0.29, 0.717) is 13.2 Å². The molecule has 0 saturated carbocycles. The molecule has 0 bridgehead atoms. The van der Waals surface area contributed by atoms with E-state index >= 15 is 0 Å². The molecule has 1 heterocycles. The first-order valence-corrected chi connectivity index (χ1v) is 5.54. The number of hydrogen-bond acceptors (Lipinski definition) is 4. The summed E-state index contributed by atoms with van der Waals surface area (Å²) in [7, 11) is 1.49. The number of fused-ring (bicyclic) bond motifs is 1. The zero-order chi connectivity index (χ0) is 12.3. The van der Waals surface area contributed by atoms with Crippen molar-refractivity contribution >= 4 is 24.0 Å². The number of rotatable bonds is 3. The van der Waals surface area contributed by atoms with Crippen molar-refractivity contribution in [3.05, 3.63) is 24.3 Å². The Labute approximate surface area is 112 Å². The lowest BCUT2D eigenvalue weighted by Crippen LogP contribution is -2.47. The zero-order valence-electron chi connectivity index (χ0n) is 10.2. The van der Waals surface area contributed by atoms with Crippen LogP contribution < -0.4 is 15.4 Å². The average molecular weight is 273 g/mol. The summed E-state index contributed by atoms with van der Waals surface area (Å²) in [6.07, 6.45) is -0.596. The molecule has 1 aliphatic rings. The highest BCUT2D eigenvalue weighted by molar-refractivity contribution is 5.98. The van der Waals surface area contributed by atoms with Gasteiger partial charge in [0.15, 0.2) is 0 Å². The number of benzene rings is 1. The lowest BCUT2D eigenvalue weighted by atomic mass is 10.2. The number of para-hydroxylation sites is 2. The number of nitrogens with zero attached hydrogens (tertiary/aromatic N) is 1. The lowest BCUT2D eigenvalue weighted by Gasteiger charge is -2.31. The Bertz CT molecular complexity index is 410. The molecule has 2 N–H and O–H groups in total. The van der Waals surface area contributed by atoms with Gasteiger partial charge in [0, 0.05) is 13.7 Å². The van der Waals surface area contributed by atoms with Crippen LogP contribution in [-0.4, -0.2) is 38.8 Å². The second kappa shape index (κ2) is 6.58. The maximum absolute atomic E-state index is 12.2. The molecule has 0 radical (unpaired) electrons. The number of nitrogens with two attached hydrogens (primary N) is 1. The maximum atomic E-state index is 12.2. The van der Waals surface area contributed by atoms with Gasteiger partial charge in [-0.1, -0.05) is 12.1 Å². The minimum Gasteiger partial charge on any atom is -0.490 e. The summed E-state index contributed by atoms with van der Waals surface area (Å²) in [5.41, 5.74) is 6.28. The van der Waals surface area contributed by atoms with Crippen molar-refractivity contribution in [2.45, 2.75) is 6.10 Å². The van der Waals surface area contributed by atoms with Crippen LogP contribution in [0.2, 0.25) is 0 Å². The Kier molecular flexibility index (Phi) is 5.40. The van der Waals surface area contributed by atoms with E-state index in [1.165, 1.54) is 7.11 Å². The highest BCUT2D eigenvalue weighted by Crippen LogP contribution is 2.31. The summed E-state index contributed by atoms with van der Waals surface area (Å²) in [4.78, 5) is 13.9. The van der Waals surface area contributed by atoms with Crippen LogP contribution in [-0.2, 0) is 9.53 Å². The van der Waals surface area contributed by atoms with Gasteiger partial charge in [-0.3, -0.25) is 4.79 Å². The molecule has 1 aliphatic heterocycles. The van der Waals surface area contributed by atoms with Crippen molar-refractivity contribution < 1.29 is 14.3 Å². The van der Waals surface area contributed by atoms with Crippen LogP contribution in [0.1, 0.15) is 0 Å². The third kappa shape index (κ3) is 2.75. The molecule has 100 valence electrons. The first-order valence-electron chi connectivity index (χ1n) is 5.54.